The van der Waals surface area contributed by atoms with E-state index in [0.717, 1.165) is 0 Å². The van der Waals surface area contributed by atoms with Gasteiger partial charge in [0.15, 0.2) is 12.5 Å². The molecule has 3 aromatic rings. The number of nitrogens with zero attached hydrogens (tertiary/aromatic N) is 3. The third-order valence-corrected chi connectivity index (χ3v) is 8.79. The maximum atomic E-state index is 13.9. The standard InChI is InChI=1S/C30H29F7N5O5P/c1-18(21-13-22(29(32,33)34)15-23(14-21)30(35,36)37)47-27-26(20-7-9-24(31)10-8-20)41(11-12-45-27)16-25-39-28(43)42(40-25)48(38,44)46-17-19-5-3-2-4-6-19/h2-7,13-15,18,24,26-27H,9,11-12,16-17H2,1H3,(H2,38,44)(H,39,40,43)/t18-,24?,26+,27-,48?/m1/s1. The van der Waals surface area contributed by atoms with E-state index in [2.05, 4.69) is 21.9 Å². The fraction of sp³-hybridized carbons (Fsp3) is 0.400. The van der Waals surface area contributed by atoms with Crippen molar-refractivity contribution in [1.29, 1.82) is 0 Å². The number of aromatic nitrogens is 3. The molecular formula is C30H29F7N5O5P. The summed E-state index contributed by atoms with van der Waals surface area (Å²) in [5.41, 5.74) is 2.43. The highest BCUT2D eigenvalue weighted by atomic mass is 31.2. The first kappa shape index (κ1) is 35.5. The van der Waals surface area contributed by atoms with Crippen molar-refractivity contribution in [2.75, 3.05) is 13.2 Å². The highest BCUT2D eigenvalue weighted by molar-refractivity contribution is 7.54. The summed E-state index contributed by atoms with van der Waals surface area (Å²) >= 11 is 0. The first-order chi connectivity index (χ1) is 22.5. The Labute approximate surface area is 269 Å². The van der Waals surface area contributed by atoms with E-state index in [1.807, 2.05) is 0 Å². The Morgan fingerprint density at radius 2 is 1.79 bits per heavy atom. The fourth-order valence-electron chi connectivity index (χ4n) is 5.12. The molecule has 5 atom stereocenters. The van der Waals surface area contributed by atoms with Crippen LogP contribution in [0.25, 0.3) is 0 Å². The molecule has 5 rings (SSSR count). The average Bonchev–Trinajstić information content (AvgIpc) is 3.41. The van der Waals surface area contributed by atoms with Crippen LogP contribution in [-0.2, 0) is 44.1 Å². The SMILES string of the molecule is C[C@@H](O[C@H]1OCCN(Cc2nn(P(N)(=O)OCc3ccccc3)c(=O)[nH]2)[C@H]1C1=CCC(F)C#C1)c1cc(C(F)(F)F)cc(C(F)(F)F)c1. The number of benzene rings is 2. The number of aromatic amines is 1. The van der Waals surface area contributed by atoms with Gasteiger partial charge in [0.05, 0.1) is 43.0 Å². The largest absolute Gasteiger partial charge is 0.416 e. The molecule has 48 heavy (non-hydrogen) atoms. The lowest BCUT2D eigenvalue weighted by Gasteiger charge is -2.41. The van der Waals surface area contributed by atoms with E-state index >= 15 is 0 Å². The lowest BCUT2D eigenvalue weighted by Crippen LogP contribution is -2.53. The number of rotatable bonds is 10. The lowest BCUT2D eigenvalue weighted by molar-refractivity contribution is -0.220. The molecule has 258 valence electrons. The normalized spacial score (nSPS) is 22.4. The van der Waals surface area contributed by atoms with E-state index in [-0.39, 0.29) is 44.6 Å². The number of ether oxygens (including phenoxy) is 2. The summed E-state index contributed by atoms with van der Waals surface area (Å²) in [6.45, 7) is 1.05. The number of nitrogens with two attached hydrogens (primary N) is 1. The summed E-state index contributed by atoms with van der Waals surface area (Å²) in [7, 11) is -4.27. The number of alkyl halides is 7. The quantitative estimate of drug-likeness (QED) is 0.156. The Bertz CT molecular complexity index is 1780. The molecule has 1 aliphatic carbocycles. The summed E-state index contributed by atoms with van der Waals surface area (Å²) in [5, 5.41) is 4.06. The minimum absolute atomic E-state index is 0.0144. The van der Waals surface area contributed by atoms with Gasteiger partial charge in [-0.05, 0) is 36.2 Å². The van der Waals surface area contributed by atoms with Crippen molar-refractivity contribution in [2.45, 2.75) is 63.5 Å². The molecule has 0 amide bonds. The van der Waals surface area contributed by atoms with Crippen LogP contribution in [-0.4, -0.2) is 51.1 Å². The van der Waals surface area contributed by atoms with E-state index < -0.39 is 67.0 Å². The average molecular weight is 704 g/mol. The number of hydrogen-bond donors (Lipinski definition) is 2. The van der Waals surface area contributed by atoms with Crippen LogP contribution in [0, 0.1) is 11.8 Å². The summed E-state index contributed by atoms with van der Waals surface area (Å²) in [5.74, 6) is 5.07. The van der Waals surface area contributed by atoms with E-state index in [9.17, 15) is 40.1 Å². The second-order valence-corrected chi connectivity index (χ2v) is 12.8. The zero-order valence-electron chi connectivity index (χ0n) is 25.1. The molecule has 1 aromatic heterocycles. The number of halogens is 7. The van der Waals surface area contributed by atoms with Crippen molar-refractivity contribution in [3.05, 3.63) is 98.7 Å². The van der Waals surface area contributed by atoms with Gasteiger partial charge in [-0.15, -0.1) is 9.55 Å². The van der Waals surface area contributed by atoms with Gasteiger partial charge in [-0.1, -0.05) is 48.2 Å². The molecule has 0 saturated carbocycles. The third kappa shape index (κ3) is 8.43. The fourth-order valence-corrected chi connectivity index (χ4v) is 6.10. The maximum Gasteiger partial charge on any atom is 0.416 e. The van der Waals surface area contributed by atoms with Crippen molar-refractivity contribution < 1.29 is 49.3 Å². The van der Waals surface area contributed by atoms with Gasteiger partial charge in [0.2, 0.25) is 0 Å². The molecule has 1 fully saturated rings. The molecule has 2 aromatic carbocycles. The molecule has 0 radical (unpaired) electrons. The molecule has 1 aliphatic heterocycles. The smallest absolute Gasteiger partial charge is 0.349 e. The van der Waals surface area contributed by atoms with Crippen molar-refractivity contribution in [2.24, 2.45) is 5.50 Å². The van der Waals surface area contributed by atoms with E-state index in [4.69, 9.17) is 19.5 Å². The van der Waals surface area contributed by atoms with Crippen LogP contribution in [0.4, 0.5) is 30.7 Å². The molecule has 2 heterocycles. The number of hydrogen-bond acceptors (Lipinski definition) is 7. The predicted octanol–water partition coefficient (Wildman–Crippen LogP) is 5.72. The Balaban J connectivity index is 1.41. The van der Waals surface area contributed by atoms with Crippen LogP contribution in [0.15, 0.2) is 65.0 Å². The first-order valence-electron chi connectivity index (χ1n) is 14.4. The predicted molar refractivity (Wildman–Crippen MR) is 157 cm³/mol. The first-order valence-corrected chi connectivity index (χ1v) is 16.1. The Hall–Kier alpha value is -3.78. The van der Waals surface area contributed by atoms with Gasteiger partial charge in [-0.3, -0.25) is 14.4 Å². The topological polar surface area (TPSA) is 125 Å². The minimum Gasteiger partial charge on any atom is -0.349 e. The summed E-state index contributed by atoms with van der Waals surface area (Å²) < 4.78 is 126. The number of H-pyrrole nitrogens is 1. The van der Waals surface area contributed by atoms with Crippen molar-refractivity contribution >= 4 is 7.67 Å². The van der Waals surface area contributed by atoms with Crippen molar-refractivity contribution in [3.63, 3.8) is 0 Å². The molecule has 3 N–H and O–H groups in total. The molecule has 18 heteroatoms. The zero-order chi connectivity index (χ0) is 34.9. The number of morpholine rings is 1. The van der Waals surface area contributed by atoms with Gasteiger partial charge in [-0.2, -0.15) is 26.3 Å². The summed E-state index contributed by atoms with van der Waals surface area (Å²) in [4.78, 5) is 16.8. The molecule has 2 unspecified atom stereocenters. The van der Waals surface area contributed by atoms with Crippen LogP contribution < -0.4 is 11.2 Å². The minimum atomic E-state index is -5.07. The van der Waals surface area contributed by atoms with E-state index in [0.29, 0.717) is 27.7 Å². The lowest BCUT2D eigenvalue weighted by atomic mass is 9.97. The number of nitrogens with one attached hydrogen (secondary N) is 1. The van der Waals surface area contributed by atoms with Gasteiger partial charge in [-0.25, -0.2) is 19.3 Å². The molecule has 1 saturated heterocycles. The number of allylic oxidation sites excluding steroid dienone is 1. The molecule has 10 nitrogen and oxygen atoms in total. The van der Waals surface area contributed by atoms with E-state index in [1.165, 1.54) is 13.0 Å². The zero-order valence-corrected chi connectivity index (χ0v) is 26.0. The van der Waals surface area contributed by atoms with Gasteiger partial charge in [0.25, 0.3) is 0 Å². The molecule has 2 aliphatic rings. The Morgan fingerprint density at radius 1 is 1.12 bits per heavy atom. The van der Waals surface area contributed by atoms with Gasteiger partial charge < -0.3 is 9.47 Å². The highest BCUT2D eigenvalue weighted by Gasteiger charge is 2.40. The highest BCUT2D eigenvalue weighted by Crippen LogP contribution is 2.40. The van der Waals surface area contributed by atoms with Crippen molar-refractivity contribution in [3.8, 4) is 11.8 Å². The Morgan fingerprint density at radius 3 is 2.40 bits per heavy atom. The summed E-state index contributed by atoms with van der Waals surface area (Å²) in [6.07, 6.45) is -12.9. The van der Waals surface area contributed by atoms with Gasteiger partial charge in [0, 0.05) is 18.5 Å². The van der Waals surface area contributed by atoms with Crippen LogP contribution >= 0.6 is 7.67 Å². The van der Waals surface area contributed by atoms with Crippen LogP contribution in [0.2, 0.25) is 0 Å². The van der Waals surface area contributed by atoms with E-state index in [1.54, 1.807) is 35.2 Å². The monoisotopic (exact) mass is 703 g/mol. The second kappa shape index (κ2) is 14.0. The molecule has 0 spiro atoms. The van der Waals surface area contributed by atoms with Gasteiger partial charge >= 0.3 is 25.7 Å². The van der Waals surface area contributed by atoms with Crippen LogP contribution in [0.3, 0.4) is 0 Å². The maximum absolute atomic E-state index is 13.9. The van der Waals surface area contributed by atoms with Crippen molar-refractivity contribution in [1.82, 2.24) is 19.4 Å². The molecular weight excluding hydrogens is 674 g/mol. The van der Waals surface area contributed by atoms with Gasteiger partial charge in [0.1, 0.15) is 5.82 Å². The second-order valence-electron chi connectivity index (χ2n) is 11.0. The summed E-state index contributed by atoms with van der Waals surface area (Å²) in [6, 6.07) is 8.80. The third-order valence-electron chi connectivity index (χ3n) is 7.49. The molecule has 0 bridgehead atoms. The Kier molecular flexibility index (Phi) is 10.4. The van der Waals surface area contributed by atoms with Crippen LogP contribution in [0.5, 0.6) is 0 Å². The van der Waals surface area contributed by atoms with Crippen LogP contribution in [0.1, 0.15) is 47.5 Å².